The Morgan fingerprint density at radius 2 is 1.79 bits per heavy atom. The van der Waals surface area contributed by atoms with Crippen LogP contribution in [0.1, 0.15) is 23.1 Å². The molecule has 2 aromatic carbocycles. The third kappa shape index (κ3) is 6.06. The molecule has 0 saturated carbocycles. The maximum absolute atomic E-state index is 14.0. The standard InChI is InChI=1S/C35H41N5O5SSi/c1-24-12-14-28(15-13-24)46(43,44)40-22-30(29-11-8-17-36-33(29)40)32-25(2)31(37-39(32)23-45-19-20-47(4,5)6)26-9-7-10-27(21-26)35(42)16-18-38(3)34(35)41/h7-15,17,21-22,42H,16,18-20,23H2,1-6H3/t35-/m1/s1. The summed E-state index contributed by atoms with van der Waals surface area (Å²) in [5.74, 6) is -0.330. The zero-order valence-electron chi connectivity index (χ0n) is 27.7. The summed E-state index contributed by atoms with van der Waals surface area (Å²) in [6.45, 7) is 11.9. The average molecular weight is 672 g/mol. The molecule has 1 saturated heterocycles. The first-order valence-electron chi connectivity index (χ1n) is 15.7. The molecule has 0 bridgehead atoms. The van der Waals surface area contributed by atoms with Crippen molar-refractivity contribution >= 4 is 35.0 Å². The summed E-state index contributed by atoms with van der Waals surface area (Å²) in [6, 6.07) is 18.7. The molecule has 5 aromatic rings. The molecular formula is C35H41N5O5SSi. The lowest BCUT2D eigenvalue weighted by Crippen LogP contribution is -2.36. The van der Waals surface area contributed by atoms with Gasteiger partial charge >= 0.3 is 0 Å². The summed E-state index contributed by atoms with van der Waals surface area (Å²) in [4.78, 5) is 19.1. The maximum Gasteiger partial charge on any atom is 0.269 e. The largest absolute Gasteiger partial charge is 0.375 e. The highest BCUT2D eigenvalue weighted by Gasteiger charge is 2.45. The molecule has 246 valence electrons. The molecule has 4 heterocycles. The van der Waals surface area contributed by atoms with Gasteiger partial charge in [-0.05, 0) is 55.8 Å². The Morgan fingerprint density at radius 1 is 1.04 bits per heavy atom. The van der Waals surface area contributed by atoms with Crippen LogP contribution < -0.4 is 0 Å². The molecule has 47 heavy (non-hydrogen) atoms. The van der Waals surface area contributed by atoms with E-state index in [1.165, 1.54) is 8.87 Å². The van der Waals surface area contributed by atoms with Gasteiger partial charge in [0.1, 0.15) is 6.73 Å². The van der Waals surface area contributed by atoms with Crippen LogP contribution in [0.4, 0.5) is 0 Å². The highest BCUT2D eigenvalue weighted by atomic mass is 32.2. The fourth-order valence-electron chi connectivity index (χ4n) is 6.06. The van der Waals surface area contributed by atoms with Crippen molar-refractivity contribution in [1.82, 2.24) is 23.6 Å². The summed E-state index contributed by atoms with van der Waals surface area (Å²) in [5, 5.41) is 17.1. The van der Waals surface area contributed by atoms with Crippen LogP contribution in [-0.4, -0.2) is 71.3 Å². The number of nitrogens with zero attached hydrogens (tertiary/aromatic N) is 5. The summed E-state index contributed by atoms with van der Waals surface area (Å²) in [6.07, 6.45) is 3.50. The van der Waals surface area contributed by atoms with Gasteiger partial charge in [-0.15, -0.1) is 0 Å². The molecule has 0 aliphatic carbocycles. The molecule has 0 radical (unpaired) electrons. The van der Waals surface area contributed by atoms with E-state index in [9.17, 15) is 18.3 Å². The first-order valence-corrected chi connectivity index (χ1v) is 20.9. The van der Waals surface area contributed by atoms with Crippen molar-refractivity contribution in [3.8, 4) is 22.5 Å². The number of pyridine rings is 1. The lowest BCUT2D eigenvalue weighted by Gasteiger charge is -2.21. The molecule has 1 atom stereocenters. The summed E-state index contributed by atoms with van der Waals surface area (Å²) >= 11 is 0. The fourth-order valence-corrected chi connectivity index (χ4v) is 8.14. The quantitative estimate of drug-likeness (QED) is 0.148. The van der Waals surface area contributed by atoms with E-state index in [-0.39, 0.29) is 17.5 Å². The minimum atomic E-state index is -3.98. The average Bonchev–Trinajstić information content (AvgIpc) is 3.67. The van der Waals surface area contributed by atoms with Gasteiger partial charge in [0, 0.05) is 69.2 Å². The zero-order chi connectivity index (χ0) is 33.7. The maximum atomic E-state index is 14.0. The Hall–Kier alpha value is -4.10. The lowest BCUT2D eigenvalue weighted by atomic mass is 9.90. The Bertz CT molecular complexity index is 2080. The van der Waals surface area contributed by atoms with Crippen molar-refractivity contribution in [3.05, 3.63) is 89.7 Å². The number of ether oxygens (including phenoxy) is 1. The molecule has 1 aliphatic heterocycles. The molecule has 1 amide bonds. The van der Waals surface area contributed by atoms with Gasteiger partial charge < -0.3 is 14.7 Å². The predicted octanol–water partition coefficient (Wildman–Crippen LogP) is 5.78. The molecule has 0 spiro atoms. The molecule has 1 N–H and O–H groups in total. The molecule has 1 aliphatic rings. The highest BCUT2D eigenvalue weighted by molar-refractivity contribution is 7.90. The number of aromatic nitrogens is 4. The van der Waals surface area contributed by atoms with Crippen molar-refractivity contribution in [2.45, 2.75) is 63.2 Å². The van der Waals surface area contributed by atoms with Gasteiger partial charge in [0.15, 0.2) is 11.2 Å². The van der Waals surface area contributed by atoms with E-state index in [4.69, 9.17) is 9.84 Å². The number of aliphatic hydroxyl groups is 1. The van der Waals surface area contributed by atoms with Gasteiger partial charge in [0.25, 0.3) is 15.9 Å². The number of benzene rings is 2. The molecule has 12 heteroatoms. The molecule has 6 rings (SSSR count). The number of likely N-dealkylation sites (N-methyl/N-ethyl adjacent to an activating group) is 1. The molecular weight excluding hydrogens is 631 g/mol. The van der Waals surface area contributed by atoms with Gasteiger partial charge in [-0.1, -0.05) is 55.5 Å². The van der Waals surface area contributed by atoms with Crippen LogP contribution in [0.25, 0.3) is 33.5 Å². The summed E-state index contributed by atoms with van der Waals surface area (Å²) in [7, 11) is -3.63. The number of hydrogen-bond acceptors (Lipinski definition) is 7. The number of hydrogen-bond donors (Lipinski definition) is 1. The molecule has 0 unspecified atom stereocenters. The van der Waals surface area contributed by atoms with Crippen LogP contribution in [0.2, 0.25) is 25.7 Å². The Morgan fingerprint density at radius 3 is 2.47 bits per heavy atom. The van der Waals surface area contributed by atoms with Crippen LogP contribution in [-0.2, 0) is 31.9 Å². The second-order valence-corrected chi connectivity index (χ2v) is 21.1. The third-order valence-electron chi connectivity index (χ3n) is 8.89. The predicted molar refractivity (Wildman–Crippen MR) is 185 cm³/mol. The monoisotopic (exact) mass is 671 g/mol. The molecule has 3 aromatic heterocycles. The van der Waals surface area contributed by atoms with E-state index in [0.717, 1.165) is 22.7 Å². The summed E-state index contributed by atoms with van der Waals surface area (Å²) in [5.41, 5.74) is 3.70. The number of carbonyl (C=O) groups is 1. The Balaban J connectivity index is 1.50. The number of amides is 1. The Kier molecular flexibility index (Phi) is 8.50. The van der Waals surface area contributed by atoms with Crippen molar-refractivity contribution in [3.63, 3.8) is 0 Å². The first-order chi connectivity index (χ1) is 22.2. The van der Waals surface area contributed by atoms with E-state index in [1.807, 2.05) is 38.1 Å². The Labute approximate surface area is 276 Å². The van der Waals surface area contributed by atoms with Gasteiger partial charge in [-0.25, -0.2) is 22.1 Å². The second kappa shape index (κ2) is 12.2. The smallest absolute Gasteiger partial charge is 0.269 e. The fraction of sp³-hybridized carbons (Fsp3) is 0.343. The van der Waals surface area contributed by atoms with E-state index in [0.29, 0.717) is 53.1 Å². The van der Waals surface area contributed by atoms with Crippen LogP contribution in [0.5, 0.6) is 0 Å². The van der Waals surface area contributed by atoms with E-state index < -0.39 is 23.7 Å². The minimum absolute atomic E-state index is 0.158. The van der Waals surface area contributed by atoms with Crippen molar-refractivity contribution in [2.24, 2.45) is 0 Å². The highest BCUT2D eigenvalue weighted by Crippen LogP contribution is 2.39. The topological polar surface area (TPSA) is 120 Å². The molecule has 1 fully saturated rings. The zero-order valence-corrected chi connectivity index (χ0v) is 29.5. The molecule has 10 nitrogen and oxygen atoms in total. The summed E-state index contributed by atoms with van der Waals surface area (Å²) < 4.78 is 37.1. The second-order valence-electron chi connectivity index (χ2n) is 13.6. The first kappa shape index (κ1) is 32.8. The number of fused-ring (bicyclic) bond motifs is 1. The third-order valence-corrected chi connectivity index (χ3v) is 12.3. The van der Waals surface area contributed by atoms with Crippen LogP contribution in [0.3, 0.4) is 0 Å². The number of carbonyl (C=O) groups excluding carboxylic acids is 1. The van der Waals surface area contributed by atoms with E-state index >= 15 is 0 Å². The van der Waals surface area contributed by atoms with Crippen LogP contribution in [0.15, 0.2) is 78.0 Å². The van der Waals surface area contributed by atoms with Gasteiger partial charge in [-0.3, -0.25) is 4.79 Å². The SMILES string of the molecule is Cc1ccc(S(=O)(=O)n2cc(-c3c(C)c(-c4cccc([C@]5(O)CCN(C)C5=O)c4)nn3COCC[Si](C)(C)C)c3cccnc32)cc1. The lowest BCUT2D eigenvalue weighted by molar-refractivity contribution is -0.143. The minimum Gasteiger partial charge on any atom is -0.375 e. The number of rotatable bonds is 10. The number of likely N-dealkylation sites (tertiary alicyclic amines) is 1. The van der Waals surface area contributed by atoms with E-state index in [1.54, 1.807) is 60.5 Å². The normalized spacial score (nSPS) is 17.3. The number of aryl methyl sites for hydroxylation is 1. The van der Waals surface area contributed by atoms with Crippen molar-refractivity contribution in [1.29, 1.82) is 0 Å². The van der Waals surface area contributed by atoms with Crippen molar-refractivity contribution in [2.75, 3.05) is 20.2 Å². The van der Waals surface area contributed by atoms with Crippen LogP contribution in [0, 0.1) is 13.8 Å². The van der Waals surface area contributed by atoms with Crippen molar-refractivity contribution < 1.29 is 23.1 Å². The van der Waals surface area contributed by atoms with Gasteiger partial charge in [-0.2, -0.15) is 5.10 Å². The van der Waals surface area contributed by atoms with Crippen LogP contribution >= 0.6 is 0 Å². The van der Waals surface area contributed by atoms with E-state index in [2.05, 4.69) is 24.6 Å². The van der Waals surface area contributed by atoms with Gasteiger partial charge in [0.05, 0.1) is 16.3 Å². The van der Waals surface area contributed by atoms with Gasteiger partial charge in [0.2, 0.25) is 0 Å².